The molecule has 0 N–H and O–H groups in total. The molecule has 5 nitrogen and oxygen atoms in total. The van der Waals surface area contributed by atoms with Crippen molar-refractivity contribution in [2.45, 2.75) is 0 Å². The monoisotopic (exact) mass is 867 g/mol. The lowest BCUT2D eigenvalue weighted by molar-refractivity contribution is 0.953. The first-order valence-electron chi connectivity index (χ1n) is 23.0. The minimum absolute atomic E-state index is 0.548. The second-order valence-electron chi connectivity index (χ2n) is 17.2. The van der Waals surface area contributed by atoms with Crippen LogP contribution in [-0.4, -0.2) is 24.1 Å². The minimum atomic E-state index is 0.548. The minimum Gasteiger partial charge on any atom is -0.307 e. The Bertz CT molecular complexity index is 4020. The standard InChI is InChI=1S/C63H41N5/c1-4-18-42(19-5-1)45-24-14-26-47(38-45)49-28-16-30-51(40-49)62-64-61(44-22-8-3-9-23-44)65-63(66-62)68-58-35-13-11-33-54(58)56-37-36-55-53-32-10-12-34-57(53)67(59(55)60(56)68)52-31-17-29-50(41-52)48-27-15-25-46(39-48)43-20-6-2-7-21-43/h1-41H. The fourth-order valence-electron chi connectivity index (χ4n) is 9.97. The Morgan fingerprint density at radius 1 is 0.235 bits per heavy atom. The molecule has 0 saturated heterocycles. The first kappa shape index (κ1) is 39.2. The Hall–Kier alpha value is -9.19. The highest BCUT2D eigenvalue weighted by molar-refractivity contribution is 6.23. The fraction of sp³-hybridized carbons (Fsp3) is 0. The number of benzene rings is 10. The van der Waals surface area contributed by atoms with Crippen molar-refractivity contribution < 1.29 is 0 Å². The molecule has 0 atom stereocenters. The fourth-order valence-corrected chi connectivity index (χ4v) is 9.97. The molecular formula is C63H41N5. The number of hydrogen-bond acceptors (Lipinski definition) is 3. The summed E-state index contributed by atoms with van der Waals surface area (Å²) in [5.74, 6) is 1.75. The molecule has 0 spiro atoms. The van der Waals surface area contributed by atoms with E-state index in [9.17, 15) is 0 Å². The molecule has 68 heavy (non-hydrogen) atoms. The van der Waals surface area contributed by atoms with E-state index in [0.717, 1.165) is 77.3 Å². The van der Waals surface area contributed by atoms with Gasteiger partial charge in [-0.15, -0.1) is 0 Å². The van der Waals surface area contributed by atoms with Crippen LogP contribution >= 0.6 is 0 Å². The van der Waals surface area contributed by atoms with Crippen molar-refractivity contribution in [3.63, 3.8) is 0 Å². The van der Waals surface area contributed by atoms with Crippen molar-refractivity contribution in [2.24, 2.45) is 0 Å². The van der Waals surface area contributed by atoms with Gasteiger partial charge in [-0.25, -0.2) is 4.98 Å². The number of fused-ring (bicyclic) bond motifs is 7. The maximum absolute atomic E-state index is 5.45. The summed E-state index contributed by atoms with van der Waals surface area (Å²) in [5, 5.41) is 4.56. The molecule has 13 rings (SSSR count). The molecule has 0 aliphatic heterocycles. The van der Waals surface area contributed by atoms with Crippen LogP contribution in [0, 0.1) is 0 Å². The van der Waals surface area contributed by atoms with Crippen LogP contribution in [0.1, 0.15) is 0 Å². The Balaban J connectivity index is 1.04. The molecular weight excluding hydrogens is 827 g/mol. The van der Waals surface area contributed by atoms with E-state index < -0.39 is 0 Å². The highest BCUT2D eigenvalue weighted by Gasteiger charge is 2.24. The van der Waals surface area contributed by atoms with E-state index in [4.69, 9.17) is 15.0 Å². The van der Waals surface area contributed by atoms with Crippen LogP contribution in [0.2, 0.25) is 0 Å². The van der Waals surface area contributed by atoms with E-state index in [-0.39, 0.29) is 0 Å². The van der Waals surface area contributed by atoms with Crippen molar-refractivity contribution in [1.29, 1.82) is 0 Å². The number of aromatic nitrogens is 5. The lowest BCUT2D eigenvalue weighted by atomic mass is 9.98. The summed E-state index contributed by atoms with van der Waals surface area (Å²) >= 11 is 0. The van der Waals surface area contributed by atoms with Crippen molar-refractivity contribution in [1.82, 2.24) is 24.1 Å². The van der Waals surface area contributed by atoms with E-state index >= 15 is 0 Å². The van der Waals surface area contributed by atoms with Crippen molar-refractivity contribution in [2.75, 3.05) is 0 Å². The molecule has 0 saturated carbocycles. The molecule has 0 unspecified atom stereocenters. The lowest BCUT2D eigenvalue weighted by Crippen LogP contribution is -2.07. The predicted octanol–water partition coefficient (Wildman–Crippen LogP) is 16.1. The average Bonchev–Trinajstić information content (AvgIpc) is 3.95. The summed E-state index contributed by atoms with van der Waals surface area (Å²) in [6.07, 6.45) is 0. The van der Waals surface area contributed by atoms with E-state index in [2.05, 4.69) is 240 Å². The Kier molecular flexibility index (Phi) is 9.43. The van der Waals surface area contributed by atoms with Crippen molar-refractivity contribution >= 4 is 43.6 Å². The highest BCUT2D eigenvalue weighted by Crippen LogP contribution is 2.42. The van der Waals surface area contributed by atoms with E-state index in [1.165, 1.54) is 27.6 Å². The Labute approximate surface area is 393 Å². The second-order valence-corrected chi connectivity index (χ2v) is 17.2. The van der Waals surface area contributed by atoms with E-state index in [1.807, 2.05) is 18.2 Å². The summed E-state index contributed by atoms with van der Waals surface area (Å²) in [5.41, 5.74) is 16.4. The van der Waals surface area contributed by atoms with Gasteiger partial charge in [-0.1, -0.05) is 206 Å². The molecule has 0 fully saturated rings. The number of para-hydroxylation sites is 2. The normalized spacial score (nSPS) is 11.5. The zero-order valence-corrected chi connectivity index (χ0v) is 36.9. The molecule has 0 bridgehead atoms. The van der Waals surface area contributed by atoms with Crippen LogP contribution in [0.25, 0.3) is 123 Å². The second kappa shape index (κ2) is 16.4. The van der Waals surface area contributed by atoms with Crippen LogP contribution in [0.5, 0.6) is 0 Å². The largest absolute Gasteiger partial charge is 0.307 e. The molecule has 5 heteroatoms. The van der Waals surface area contributed by atoms with E-state index in [1.54, 1.807) is 0 Å². The topological polar surface area (TPSA) is 48.5 Å². The maximum Gasteiger partial charge on any atom is 0.238 e. The van der Waals surface area contributed by atoms with Gasteiger partial charge in [-0.05, 0) is 87.0 Å². The zero-order chi connectivity index (χ0) is 45.0. The highest BCUT2D eigenvalue weighted by atomic mass is 15.2. The first-order valence-corrected chi connectivity index (χ1v) is 23.0. The van der Waals surface area contributed by atoms with Crippen LogP contribution in [0.3, 0.4) is 0 Å². The van der Waals surface area contributed by atoms with Gasteiger partial charge in [0, 0.05) is 38.4 Å². The van der Waals surface area contributed by atoms with Crippen LogP contribution in [0.15, 0.2) is 249 Å². The Morgan fingerprint density at radius 2 is 0.603 bits per heavy atom. The Morgan fingerprint density at radius 3 is 1.15 bits per heavy atom. The molecule has 10 aromatic carbocycles. The molecule has 3 heterocycles. The maximum atomic E-state index is 5.45. The van der Waals surface area contributed by atoms with Crippen molar-refractivity contribution in [3.05, 3.63) is 249 Å². The summed E-state index contributed by atoms with van der Waals surface area (Å²) in [4.78, 5) is 16.1. The van der Waals surface area contributed by atoms with Gasteiger partial charge in [-0.3, -0.25) is 4.57 Å². The van der Waals surface area contributed by atoms with Crippen LogP contribution in [0.4, 0.5) is 0 Å². The third-order valence-electron chi connectivity index (χ3n) is 13.2. The lowest BCUT2D eigenvalue weighted by Gasteiger charge is -2.14. The molecule has 0 aliphatic carbocycles. The smallest absolute Gasteiger partial charge is 0.238 e. The summed E-state index contributed by atoms with van der Waals surface area (Å²) in [6, 6.07) is 88.2. The van der Waals surface area contributed by atoms with Gasteiger partial charge in [0.1, 0.15) is 0 Å². The van der Waals surface area contributed by atoms with Gasteiger partial charge in [0.2, 0.25) is 5.95 Å². The van der Waals surface area contributed by atoms with Crippen LogP contribution < -0.4 is 0 Å². The molecule has 0 amide bonds. The number of nitrogens with zero attached hydrogens (tertiary/aromatic N) is 5. The molecule has 318 valence electrons. The molecule has 0 aliphatic rings. The van der Waals surface area contributed by atoms with E-state index in [0.29, 0.717) is 17.6 Å². The quantitative estimate of drug-likeness (QED) is 0.153. The summed E-state index contributed by atoms with van der Waals surface area (Å²) < 4.78 is 4.69. The first-order chi connectivity index (χ1) is 33.7. The van der Waals surface area contributed by atoms with Gasteiger partial charge >= 0.3 is 0 Å². The predicted molar refractivity (Wildman–Crippen MR) is 281 cm³/mol. The zero-order valence-electron chi connectivity index (χ0n) is 36.9. The summed E-state index contributed by atoms with van der Waals surface area (Å²) in [7, 11) is 0. The van der Waals surface area contributed by atoms with Crippen LogP contribution in [-0.2, 0) is 0 Å². The van der Waals surface area contributed by atoms with Gasteiger partial charge in [0.05, 0.1) is 22.1 Å². The van der Waals surface area contributed by atoms with Gasteiger partial charge in [-0.2, -0.15) is 9.97 Å². The van der Waals surface area contributed by atoms with Gasteiger partial charge < -0.3 is 4.57 Å². The molecule has 0 radical (unpaired) electrons. The SMILES string of the molecule is c1ccc(-c2cccc(-c3cccc(-c4nc(-c5ccccc5)nc(-n5c6ccccc6c6ccc7c8ccccc8n(-c8cccc(-c9cccc(-c%10ccccc%10)c9)c8)c7c65)n4)c3)c2)cc1. The number of hydrogen-bond donors (Lipinski definition) is 0. The number of rotatable bonds is 8. The van der Waals surface area contributed by atoms with Crippen molar-refractivity contribution in [3.8, 4) is 78.9 Å². The average molecular weight is 868 g/mol. The van der Waals surface area contributed by atoms with Gasteiger partial charge in [0.15, 0.2) is 11.6 Å². The van der Waals surface area contributed by atoms with Gasteiger partial charge in [0.25, 0.3) is 0 Å². The third-order valence-corrected chi connectivity index (χ3v) is 13.2. The molecule has 13 aromatic rings. The summed E-state index contributed by atoms with van der Waals surface area (Å²) in [6.45, 7) is 0. The molecule has 3 aromatic heterocycles. The third kappa shape index (κ3) is 6.76.